The Labute approximate surface area is 229 Å². The fourth-order valence-electron chi connectivity index (χ4n) is 3.83. The highest BCUT2D eigenvalue weighted by atomic mass is 79.9. The number of thiophene rings is 1. The Balaban J connectivity index is 1.78. The highest BCUT2D eigenvalue weighted by Gasteiger charge is 2.52. The van der Waals surface area contributed by atoms with Crippen LogP contribution in [0.2, 0.25) is 0 Å². The SMILES string of the molecule is CC(=O)OCC1O[C@H](Sc2cncc(Br)c2)[C@@H](OC(C)=O)C(n2cc(-c3cccs3)nn2)[C@H]1OC(C)=O. The summed E-state index contributed by atoms with van der Waals surface area (Å²) in [4.78, 5) is 41.8. The van der Waals surface area contributed by atoms with Crippen LogP contribution in [0, 0.1) is 0 Å². The predicted octanol–water partition coefficient (Wildman–Crippen LogP) is 3.65. The first kappa shape index (κ1) is 27.2. The molecule has 37 heavy (non-hydrogen) atoms. The van der Waals surface area contributed by atoms with Crippen molar-refractivity contribution in [3.8, 4) is 10.6 Å². The zero-order valence-electron chi connectivity index (χ0n) is 20.0. The maximum absolute atomic E-state index is 12.2. The van der Waals surface area contributed by atoms with Gasteiger partial charge < -0.3 is 18.9 Å². The average molecular weight is 611 g/mol. The van der Waals surface area contributed by atoms with Gasteiger partial charge >= 0.3 is 17.9 Å². The molecule has 0 amide bonds. The summed E-state index contributed by atoms with van der Waals surface area (Å²) in [6, 6.07) is 4.79. The molecule has 4 heterocycles. The molecular formula is C23H23BrN4O7S2. The standard InChI is InChI=1S/C23H23BrN4O7S2/c1-12(29)32-11-18-21(33-13(2)30)20(28-10-17(26-27-28)19-5-4-6-36-19)22(34-14(3)31)23(35-18)37-16-7-15(24)8-25-9-16/h4-10,18,20-23H,11H2,1-3H3/t18?,20?,21-,22-,23+/m0/s1. The van der Waals surface area contributed by atoms with Gasteiger partial charge in [0.2, 0.25) is 0 Å². The molecule has 1 aliphatic rings. The van der Waals surface area contributed by atoms with Gasteiger partial charge in [-0.25, -0.2) is 4.68 Å². The molecule has 1 saturated heterocycles. The third kappa shape index (κ3) is 6.94. The van der Waals surface area contributed by atoms with Crippen LogP contribution >= 0.6 is 39.0 Å². The number of carbonyl (C=O) groups excluding carboxylic acids is 3. The number of thioether (sulfide) groups is 1. The normalized spacial score (nSPS) is 23.3. The van der Waals surface area contributed by atoms with Gasteiger partial charge in [0.1, 0.15) is 29.9 Å². The predicted molar refractivity (Wildman–Crippen MR) is 137 cm³/mol. The summed E-state index contributed by atoms with van der Waals surface area (Å²) in [5, 5.41) is 10.5. The van der Waals surface area contributed by atoms with E-state index in [1.807, 2.05) is 23.6 Å². The summed E-state index contributed by atoms with van der Waals surface area (Å²) in [6.07, 6.45) is 2.10. The van der Waals surface area contributed by atoms with E-state index in [0.29, 0.717) is 5.69 Å². The van der Waals surface area contributed by atoms with Gasteiger partial charge in [-0.05, 0) is 33.4 Å². The van der Waals surface area contributed by atoms with Gasteiger partial charge in [0, 0.05) is 42.5 Å². The lowest BCUT2D eigenvalue weighted by Crippen LogP contribution is -2.57. The molecule has 5 atom stereocenters. The number of esters is 3. The molecule has 0 N–H and O–H groups in total. The van der Waals surface area contributed by atoms with Crippen LogP contribution in [-0.2, 0) is 33.3 Å². The third-order valence-electron chi connectivity index (χ3n) is 5.19. The van der Waals surface area contributed by atoms with E-state index in [0.717, 1.165) is 14.2 Å². The summed E-state index contributed by atoms with van der Waals surface area (Å²) in [5.74, 6) is -1.67. The maximum atomic E-state index is 12.2. The highest BCUT2D eigenvalue weighted by Crippen LogP contribution is 2.41. The van der Waals surface area contributed by atoms with Gasteiger partial charge in [-0.1, -0.05) is 23.0 Å². The smallest absolute Gasteiger partial charge is 0.303 e. The highest BCUT2D eigenvalue weighted by molar-refractivity contribution is 9.10. The van der Waals surface area contributed by atoms with Crippen molar-refractivity contribution in [1.29, 1.82) is 0 Å². The summed E-state index contributed by atoms with van der Waals surface area (Å²) in [5.41, 5.74) is -0.201. The molecule has 1 aliphatic heterocycles. The number of halogens is 1. The molecule has 0 spiro atoms. The van der Waals surface area contributed by atoms with Gasteiger partial charge in [0.05, 0.1) is 11.1 Å². The van der Waals surface area contributed by atoms with E-state index in [1.165, 1.54) is 48.6 Å². The Kier molecular flexibility index (Phi) is 8.95. The van der Waals surface area contributed by atoms with E-state index in [2.05, 4.69) is 31.2 Å². The Hall–Kier alpha value is -2.81. The lowest BCUT2D eigenvalue weighted by molar-refractivity contribution is -0.212. The number of pyridine rings is 1. The van der Waals surface area contributed by atoms with E-state index < -0.39 is 47.7 Å². The second kappa shape index (κ2) is 12.2. The fraction of sp³-hybridized carbons (Fsp3) is 0.391. The van der Waals surface area contributed by atoms with E-state index in [4.69, 9.17) is 18.9 Å². The monoisotopic (exact) mass is 610 g/mol. The van der Waals surface area contributed by atoms with Crippen molar-refractivity contribution >= 4 is 56.9 Å². The number of nitrogens with zero attached hydrogens (tertiary/aromatic N) is 4. The van der Waals surface area contributed by atoms with Gasteiger partial charge in [0.15, 0.2) is 12.2 Å². The van der Waals surface area contributed by atoms with Crippen LogP contribution < -0.4 is 0 Å². The van der Waals surface area contributed by atoms with Crippen molar-refractivity contribution in [2.45, 2.75) is 55.5 Å². The van der Waals surface area contributed by atoms with Crippen LogP contribution in [-0.4, -0.2) is 68.2 Å². The van der Waals surface area contributed by atoms with Crippen LogP contribution in [0.1, 0.15) is 26.8 Å². The molecule has 3 aromatic rings. The van der Waals surface area contributed by atoms with Crippen molar-refractivity contribution in [2.75, 3.05) is 6.61 Å². The van der Waals surface area contributed by atoms with Gasteiger partial charge in [-0.2, -0.15) is 0 Å². The topological polar surface area (TPSA) is 132 Å². The number of hydrogen-bond donors (Lipinski definition) is 0. The van der Waals surface area contributed by atoms with Crippen LogP contribution in [0.4, 0.5) is 0 Å². The van der Waals surface area contributed by atoms with Crippen molar-refractivity contribution in [3.63, 3.8) is 0 Å². The Bertz CT molecular complexity index is 1260. The van der Waals surface area contributed by atoms with Crippen molar-refractivity contribution in [1.82, 2.24) is 20.0 Å². The first-order valence-electron chi connectivity index (χ1n) is 11.1. The third-order valence-corrected chi connectivity index (χ3v) is 7.63. The van der Waals surface area contributed by atoms with E-state index in [9.17, 15) is 14.4 Å². The van der Waals surface area contributed by atoms with Crippen LogP contribution in [0.15, 0.2) is 51.5 Å². The minimum atomic E-state index is -1.02. The van der Waals surface area contributed by atoms with Crippen molar-refractivity contribution in [3.05, 3.63) is 46.6 Å². The zero-order valence-corrected chi connectivity index (χ0v) is 23.2. The van der Waals surface area contributed by atoms with Crippen molar-refractivity contribution < 1.29 is 33.3 Å². The molecule has 196 valence electrons. The Morgan fingerprint density at radius 2 is 1.89 bits per heavy atom. The van der Waals surface area contributed by atoms with E-state index in [1.54, 1.807) is 18.6 Å². The quantitative estimate of drug-likeness (QED) is 0.273. The molecule has 1 fully saturated rings. The fourth-order valence-corrected chi connectivity index (χ4v) is 6.15. The summed E-state index contributed by atoms with van der Waals surface area (Å²) >= 11 is 6.15. The number of rotatable bonds is 8. The number of aromatic nitrogens is 4. The molecule has 0 radical (unpaired) electrons. The lowest BCUT2D eigenvalue weighted by Gasteiger charge is -2.44. The van der Waals surface area contributed by atoms with Crippen LogP contribution in [0.5, 0.6) is 0 Å². The molecule has 0 aromatic carbocycles. The van der Waals surface area contributed by atoms with Gasteiger partial charge in [0.25, 0.3) is 0 Å². The number of carbonyl (C=O) groups is 3. The average Bonchev–Trinajstić information content (AvgIpc) is 3.51. The molecule has 14 heteroatoms. The van der Waals surface area contributed by atoms with E-state index in [-0.39, 0.29) is 6.61 Å². The second-order valence-electron chi connectivity index (χ2n) is 8.00. The molecule has 4 rings (SSSR count). The number of hydrogen-bond acceptors (Lipinski definition) is 12. The summed E-state index contributed by atoms with van der Waals surface area (Å²) in [6.45, 7) is 3.61. The zero-order chi connectivity index (χ0) is 26.5. The molecule has 11 nitrogen and oxygen atoms in total. The largest absolute Gasteiger partial charge is 0.463 e. The summed E-state index contributed by atoms with van der Waals surface area (Å²) in [7, 11) is 0. The molecule has 3 aromatic heterocycles. The molecule has 0 bridgehead atoms. The first-order valence-corrected chi connectivity index (χ1v) is 13.6. The van der Waals surface area contributed by atoms with Crippen LogP contribution in [0.25, 0.3) is 10.6 Å². The second-order valence-corrected chi connectivity index (χ2v) is 11.0. The van der Waals surface area contributed by atoms with Crippen LogP contribution in [0.3, 0.4) is 0 Å². The van der Waals surface area contributed by atoms with Gasteiger partial charge in [-0.15, -0.1) is 16.4 Å². The van der Waals surface area contributed by atoms with Crippen molar-refractivity contribution in [2.24, 2.45) is 0 Å². The molecule has 0 aliphatic carbocycles. The Morgan fingerprint density at radius 3 is 2.54 bits per heavy atom. The summed E-state index contributed by atoms with van der Waals surface area (Å²) < 4.78 is 25.2. The minimum Gasteiger partial charge on any atom is -0.463 e. The van der Waals surface area contributed by atoms with E-state index >= 15 is 0 Å². The Morgan fingerprint density at radius 1 is 1.14 bits per heavy atom. The maximum Gasteiger partial charge on any atom is 0.303 e. The molecule has 0 saturated carbocycles. The molecular weight excluding hydrogens is 588 g/mol. The molecule has 2 unspecified atom stereocenters. The first-order chi connectivity index (χ1) is 17.7. The lowest BCUT2D eigenvalue weighted by atomic mass is 9.96. The number of ether oxygens (including phenoxy) is 4. The van der Waals surface area contributed by atoms with Gasteiger partial charge in [-0.3, -0.25) is 19.4 Å². The minimum absolute atomic E-state index is 0.198.